The first kappa shape index (κ1) is 12.1. The molecule has 96 valence electrons. The molecule has 0 unspecified atom stereocenters. The minimum absolute atomic E-state index is 0.0157. The number of ether oxygens (including phenoxy) is 2. The van der Waals surface area contributed by atoms with Crippen LogP contribution in [-0.2, 0) is 7.05 Å². The highest BCUT2D eigenvalue weighted by atomic mass is 16.5. The summed E-state index contributed by atoms with van der Waals surface area (Å²) in [4.78, 5) is 0. The number of benzene rings is 1. The van der Waals surface area contributed by atoms with Crippen molar-refractivity contribution in [3.63, 3.8) is 0 Å². The van der Waals surface area contributed by atoms with Crippen molar-refractivity contribution in [1.82, 2.24) is 9.78 Å². The molecule has 6 nitrogen and oxygen atoms in total. The number of aromatic hydroxyl groups is 1. The summed E-state index contributed by atoms with van der Waals surface area (Å²) in [7, 11) is 4.76. The highest BCUT2D eigenvalue weighted by molar-refractivity contribution is 5.73. The molecular formula is C12H15N3O3. The number of methoxy groups -OCH3 is 2. The van der Waals surface area contributed by atoms with Crippen LogP contribution in [0.25, 0.3) is 11.3 Å². The van der Waals surface area contributed by atoms with Crippen LogP contribution in [0, 0.1) is 0 Å². The topological polar surface area (TPSA) is 82.5 Å². The molecule has 0 amide bonds. The highest BCUT2D eigenvalue weighted by Crippen LogP contribution is 2.39. The van der Waals surface area contributed by atoms with Gasteiger partial charge >= 0.3 is 0 Å². The first-order valence-corrected chi connectivity index (χ1v) is 5.31. The normalized spacial score (nSPS) is 10.4. The highest BCUT2D eigenvalue weighted by Gasteiger charge is 2.15. The fourth-order valence-electron chi connectivity index (χ4n) is 1.70. The molecule has 0 aliphatic rings. The van der Waals surface area contributed by atoms with Gasteiger partial charge in [-0.2, -0.15) is 5.10 Å². The summed E-state index contributed by atoms with van der Waals surface area (Å²) in [5.74, 6) is 1.42. The van der Waals surface area contributed by atoms with E-state index in [1.165, 1.54) is 20.3 Å². The molecule has 1 heterocycles. The number of nitrogen functional groups attached to an aromatic ring is 1. The standard InChI is InChI=1S/C12H15N3O3/c1-15-12(13)5-8(14-15)7-4-11(18-3)9(16)6-10(7)17-2/h4-6,16H,13H2,1-3H3. The Kier molecular flexibility index (Phi) is 3.01. The van der Waals surface area contributed by atoms with Gasteiger partial charge in [-0.15, -0.1) is 0 Å². The summed E-state index contributed by atoms with van der Waals surface area (Å²) < 4.78 is 11.9. The van der Waals surface area contributed by atoms with Crippen molar-refractivity contribution in [3.8, 4) is 28.5 Å². The number of phenolic OH excluding ortho intramolecular Hbond substituents is 1. The van der Waals surface area contributed by atoms with Crippen molar-refractivity contribution >= 4 is 5.82 Å². The lowest BCUT2D eigenvalue weighted by Crippen LogP contribution is -1.97. The molecule has 2 aromatic rings. The maximum atomic E-state index is 9.70. The van der Waals surface area contributed by atoms with Crippen molar-refractivity contribution in [2.24, 2.45) is 7.05 Å². The predicted molar refractivity (Wildman–Crippen MR) is 67.8 cm³/mol. The predicted octanol–water partition coefficient (Wildman–Crippen LogP) is 1.39. The van der Waals surface area contributed by atoms with Crippen LogP contribution < -0.4 is 15.2 Å². The molecule has 0 aliphatic heterocycles. The Balaban J connectivity index is 2.61. The fourth-order valence-corrected chi connectivity index (χ4v) is 1.70. The summed E-state index contributed by atoms with van der Waals surface area (Å²) in [5, 5.41) is 14.0. The van der Waals surface area contributed by atoms with Gasteiger partial charge in [0.2, 0.25) is 0 Å². The van der Waals surface area contributed by atoms with Gasteiger partial charge in [-0.05, 0) is 6.07 Å². The van der Waals surface area contributed by atoms with E-state index in [2.05, 4.69) is 5.10 Å². The molecule has 1 aromatic carbocycles. The monoisotopic (exact) mass is 249 g/mol. The number of hydrogen-bond acceptors (Lipinski definition) is 5. The lowest BCUT2D eigenvalue weighted by molar-refractivity contribution is 0.366. The third-order valence-electron chi connectivity index (χ3n) is 2.69. The Morgan fingerprint density at radius 1 is 1.17 bits per heavy atom. The lowest BCUT2D eigenvalue weighted by Gasteiger charge is -2.10. The summed E-state index contributed by atoms with van der Waals surface area (Å²) in [5.41, 5.74) is 7.11. The molecule has 3 N–H and O–H groups in total. The molecular weight excluding hydrogens is 234 g/mol. The third kappa shape index (κ3) is 1.92. The van der Waals surface area contributed by atoms with E-state index in [1.807, 2.05) is 0 Å². The quantitative estimate of drug-likeness (QED) is 0.859. The van der Waals surface area contributed by atoms with Crippen molar-refractivity contribution in [2.45, 2.75) is 0 Å². The summed E-state index contributed by atoms with van der Waals surface area (Å²) >= 11 is 0. The second-order valence-electron chi connectivity index (χ2n) is 3.80. The Labute approximate surface area is 105 Å². The Morgan fingerprint density at radius 2 is 1.83 bits per heavy atom. The molecule has 18 heavy (non-hydrogen) atoms. The maximum absolute atomic E-state index is 9.70. The number of nitrogens with zero attached hydrogens (tertiary/aromatic N) is 2. The Bertz CT molecular complexity index is 559. The number of rotatable bonds is 3. The zero-order chi connectivity index (χ0) is 13.3. The summed E-state index contributed by atoms with van der Waals surface area (Å²) in [6.45, 7) is 0. The van der Waals surface area contributed by atoms with Gasteiger partial charge in [0.25, 0.3) is 0 Å². The molecule has 0 bridgehead atoms. The fraction of sp³-hybridized carbons (Fsp3) is 0.250. The molecule has 0 aliphatic carbocycles. The molecule has 0 atom stereocenters. The Hall–Kier alpha value is -2.37. The van der Waals surface area contributed by atoms with Crippen LogP contribution in [0.5, 0.6) is 17.2 Å². The third-order valence-corrected chi connectivity index (χ3v) is 2.69. The van der Waals surface area contributed by atoms with E-state index in [9.17, 15) is 5.11 Å². The number of nitrogens with two attached hydrogens (primary N) is 1. The van der Waals surface area contributed by atoms with E-state index < -0.39 is 0 Å². The lowest BCUT2D eigenvalue weighted by atomic mass is 10.1. The molecule has 0 saturated carbocycles. The summed E-state index contributed by atoms with van der Waals surface area (Å²) in [6.07, 6.45) is 0. The van der Waals surface area contributed by atoms with E-state index in [-0.39, 0.29) is 5.75 Å². The van der Waals surface area contributed by atoms with E-state index in [0.29, 0.717) is 28.6 Å². The molecule has 2 rings (SSSR count). The number of aromatic nitrogens is 2. The van der Waals surface area contributed by atoms with Crippen LogP contribution >= 0.6 is 0 Å². The molecule has 0 fully saturated rings. The zero-order valence-corrected chi connectivity index (χ0v) is 10.5. The summed E-state index contributed by atoms with van der Waals surface area (Å²) in [6, 6.07) is 4.88. The molecule has 6 heteroatoms. The second kappa shape index (κ2) is 4.48. The molecule has 0 radical (unpaired) electrons. The minimum atomic E-state index is 0.0157. The van der Waals surface area contributed by atoms with Crippen molar-refractivity contribution in [2.75, 3.05) is 20.0 Å². The van der Waals surface area contributed by atoms with Crippen molar-refractivity contribution in [3.05, 3.63) is 18.2 Å². The average molecular weight is 249 g/mol. The first-order chi connectivity index (χ1) is 8.56. The number of hydrogen-bond donors (Lipinski definition) is 2. The van der Waals surface area contributed by atoms with Gasteiger partial charge < -0.3 is 20.3 Å². The molecule has 0 spiro atoms. The number of aryl methyl sites for hydroxylation is 1. The number of anilines is 1. The van der Waals surface area contributed by atoms with Crippen LogP contribution in [0.1, 0.15) is 0 Å². The van der Waals surface area contributed by atoms with E-state index in [0.717, 1.165) is 0 Å². The van der Waals surface area contributed by atoms with Gasteiger partial charge in [0.1, 0.15) is 11.6 Å². The zero-order valence-electron chi connectivity index (χ0n) is 10.5. The Morgan fingerprint density at radius 3 is 2.33 bits per heavy atom. The van der Waals surface area contributed by atoms with E-state index in [1.54, 1.807) is 23.9 Å². The SMILES string of the molecule is COc1cc(-c2cc(N)n(C)n2)c(OC)cc1O. The largest absolute Gasteiger partial charge is 0.504 e. The van der Waals surface area contributed by atoms with Gasteiger partial charge in [0, 0.05) is 24.7 Å². The van der Waals surface area contributed by atoms with Crippen LogP contribution in [0.2, 0.25) is 0 Å². The van der Waals surface area contributed by atoms with Crippen LogP contribution in [0.3, 0.4) is 0 Å². The minimum Gasteiger partial charge on any atom is -0.504 e. The average Bonchev–Trinajstić information content (AvgIpc) is 2.69. The smallest absolute Gasteiger partial charge is 0.161 e. The van der Waals surface area contributed by atoms with E-state index in [4.69, 9.17) is 15.2 Å². The van der Waals surface area contributed by atoms with Gasteiger partial charge in [0.15, 0.2) is 11.5 Å². The van der Waals surface area contributed by atoms with Crippen LogP contribution in [-0.4, -0.2) is 29.1 Å². The van der Waals surface area contributed by atoms with Crippen LogP contribution in [0.4, 0.5) is 5.82 Å². The first-order valence-electron chi connectivity index (χ1n) is 5.31. The van der Waals surface area contributed by atoms with Gasteiger partial charge in [0.05, 0.1) is 19.9 Å². The molecule has 1 aromatic heterocycles. The van der Waals surface area contributed by atoms with Gasteiger partial charge in [-0.25, -0.2) is 0 Å². The van der Waals surface area contributed by atoms with Crippen molar-refractivity contribution < 1.29 is 14.6 Å². The van der Waals surface area contributed by atoms with E-state index >= 15 is 0 Å². The molecule has 0 saturated heterocycles. The van der Waals surface area contributed by atoms with Gasteiger partial charge in [-0.1, -0.05) is 0 Å². The maximum Gasteiger partial charge on any atom is 0.161 e. The van der Waals surface area contributed by atoms with Gasteiger partial charge in [-0.3, -0.25) is 4.68 Å². The van der Waals surface area contributed by atoms with Crippen LogP contribution in [0.15, 0.2) is 18.2 Å². The number of phenols is 1. The second-order valence-corrected chi connectivity index (χ2v) is 3.80. The van der Waals surface area contributed by atoms with Crippen molar-refractivity contribution in [1.29, 1.82) is 0 Å².